The van der Waals surface area contributed by atoms with Crippen LogP contribution in [0.15, 0.2) is 30.3 Å². The number of thioether (sulfide) groups is 1. The van der Waals surface area contributed by atoms with E-state index in [1.165, 1.54) is 0 Å². The molecule has 0 aliphatic heterocycles. The van der Waals surface area contributed by atoms with Crippen LogP contribution in [0.1, 0.15) is 23.7 Å². The highest BCUT2D eigenvalue weighted by molar-refractivity contribution is 7.99. The molecule has 1 heterocycles. The highest BCUT2D eigenvalue weighted by atomic mass is 35.5. The topological polar surface area (TPSA) is 42.0 Å². The fraction of sp³-hybridized carbons (Fsp3) is 0.333. The fourth-order valence-corrected chi connectivity index (χ4v) is 2.49. The zero-order valence-electron chi connectivity index (χ0n) is 11.5. The quantitative estimate of drug-likeness (QED) is 0.855. The van der Waals surface area contributed by atoms with E-state index in [0.717, 1.165) is 17.3 Å². The number of nitrogens with zero attached hydrogens (tertiary/aromatic N) is 1. The molecule has 0 aliphatic carbocycles. The number of aromatic nitrogens is 1. The Hall–Kier alpha value is -1.26. The number of carbonyl (C=O) groups excluding carboxylic acids is 1. The van der Waals surface area contributed by atoms with Gasteiger partial charge in [0.2, 0.25) is 0 Å². The molecule has 2 aromatic rings. The Morgan fingerprint density at radius 3 is 2.95 bits per heavy atom. The van der Waals surface area contributed by atoms with Crippen molar-refractivity contribution in [3.05, 3.63) is 41.0 Å². The molecule has 1 unspecified atom stereocenters. The Morgan fingerprint density at radius 2 is 2.20 bits per heavy atom. The lowest BCUT2D eigenvalue weighted by Crippen LogP contribution is -2.26. The molecule has 0 saturated heterocycles. The summed E-state index contributed by atoms with van der Waals surface area (Å²) in [5, 5.41) is 4.65. The smallest absolute Gasteiger partial charge is 0.252 e. The first-order chi connectivity index (χ1) is 9.61. The highest BCUT2D eigenvalue weighted by Crippen LogP contribution is 2.20. The van der Waals surface area contributed by atoms with Gasteiger partial charge in [0.15, 0.2) is 0 Å². The Labute approximate surface area is 128 Å². The van der Waals surface area contributed by atoms with Gasteiger partial charge in [-0.25, -0.2) is 4.98 Å². The van der Waals surface area contributed by atoms with Crippen LogP contribution in [0.2, 0.25) is 5.15 Å². The molecule has 1 N–H and O–H groups in total. The van der Waals surface area contributed by atoms with Crippen molar-refractivity contribution in [3.63, 3.8) is 0 Å². The molecule has 0 bridgehead atoms. The van der Waals surface area contributed by atoms with Crippen LogP contribution < -0.4 is 5.32 Å². The van der Waals surface area contributed by atoms with Crippen molar-refractivity contribution < 1.29 is 4.79 Å². The Bertz CT molecular complexity index is 618. The number of hydrogen-bond donors (Lipinski definition) is 1. The predicted molar refractivity (Wildman–Crippen MR) is 86.7 cm³/mol. The number of pyridine rings is 1. The second-order valence-corrected chi connectivity index (χ2v) is 6.26. The summed E-state index contributed by atoms with van der Waals surface area (Å²) in [6.07, 6.45) is 3.02. The van der Waals surface area contributed by atoms with E-state index >= 15 is 0 Å². The molecule has 1 atom stereocenters. The molecular weight excluding hydrogens is 292 g/mol. The van der Waals surface area contributed by atoms with Gasteiger partial charge in [-0.3, -0.25) is 4.79 Å². The van der Waals surface area contributed by atoms with Crippen LogP contribution in [0.25, 0.3) is 10.9 Å². The summed E-state index contributed by atoms with van der Waals surface area (Å²) in [4.78, 5) is 16.5. The van der Waals surface area contributed by atoms with Crippen LogP contribution in [0.4, 0.5) is 0 Å². The van der Waals surface area contributed by atoms with Crippen molar-refractivity contribution >= 4 is 40.2 Å². The lowest BCUT2D eigenvalue weighted by Gasteiger charge is -2.10. The normalized spacial score (nSPS) is 12.3. The average molecular weight is 309 g/mol. The first-order valence-corrected chi connectivity index (χ1v) is 8.14. The van der Waals surface area contributed by atoms with Crippen LogP contribution in [0.5, 0.6) is 0 Å². The van der Waals surface area contributed by atoms with Gasteiger partial charge in [-0.15, -0.1) is 0 Å². The number of amides is 1. The second kappa shape index (κ2) is 6.95. The van der Waals surface area contributed by atoms with Crippen LogP contribution >= 0.6 is 23.4 Å². The van der Waals surface area contributed by atoms with Gasteiger partial charge in [0.25, 0.3) is 5.91 Å². The van der Waals surface area contributed by atoms with Crippen LogP contribution in [-0.4, -0.2) is 28.9 Å². The molecule has 2 rings (SSSR count). The van der Waals surface area contributed by atoms with Crippen molar-refractivity contribution in [1.82, 2.24) is 10.3 Å². The van der Waals surface area contributed by atoms with Crippen molar-refractivity contribution in [2.75, 3.05) is 12.8 Å². The van der Waals surface area contributed by atoms with Gasteiger partial charge < -0.3 is 5.32 Å². The van der Waals surface area contributed by atoms with Gasteiger partial charge >= 0.3 is 0 Å². The maximum atomic E-state index is 12.3. The molecule has 5 heteroatoms. The van der Waals surface area contributed by atoms with E-state index in [0.29, 0.717) is 22.5 Å². The summed E-state index contributed by atoms with van der Waals surface area (Å²) in [7, 11) is 0. The molecule has 0 spiro atoms. The van der Waals surface area contributed by atoms with Gasteiger partial charge in [0.1, 0.15) is 5.15 Å². The number of rotatable bonds is 5. The van der Waals surface area contributed by atoms with Crippen LogP contribution in [-0.2, 0) is 0 Å². The largest absolute Gasteiger partial charge is 0.352 e. The van der Waals surface area contributed by atoms with E-state index in [1.54, 1.807) is 17.8 Å². The van der Waals surface area contributed by atoms with E-state index in [2.05, 4.69) is 23.5 Å². The average Bonchev–Trinajstić information content (AvgIpc) is 2.45. The molecule has 20 heavy (non-hydrogen) atoms. The molecule has 1 amide bonds. The lowest BCUT2D eigenvalue weighted by atomic mass is 10.1. The number of nitrogens with one attached hydrogen (secondary N) is 1. The summed E-state index contributed by atoms with van der Waals surface area (Å²) >= 11 is 7.78. The van der Waals surface area contributed by atoms with E-state index in [4.69, 9.17) is 11.6 Å². The third-order valence-corrected chi connectivity index (χ3v) is 4.40. The molecule has 1 aromatic heterocycles. The van der Waals surface area contributed by atoms with E-state index in [-0.39, 0.29) is 5.91 Å². The minimum atomic E-state index is -0.0983. The molecule has 0 fully saturated rings. The van der Waals surface area contributed by atoms with Crippen molar-refractivity contribution in [2.45, 2.75) is 18.6 Å². The molecule has 106 valence electrons. The number of benzene rings is 1. The molecule has 1 aromatic carbocycles. The zero-order valence-corrected chi connectivity index (χ0v) is 13.1. The second-order valence-electron chi connectivity index (χ2n) is 4.60. The minimum Gasteiger partial charge on any atom is -0.352 e. The molecule has 3 nitrogen and oxygen atoms in total. The lowest BCUT2D eigenvalue weighted by molar-refractivity contribution is 0.0955. The summed E-state index contributed by atoms with van der Waals surface area (Å²) < 4.78 is 0. The summed E-state index contributed by atoms with van der Waals surface area (Å²) in [5.74, 6) is -0.0983. The number of para-hydroxylation sites is 1. The molecule has 0 radical (unpaired) electrons. The van der Waals surface area contributed by atoms with E-state index in [9.17, 15) is 4.79 Å². The summed E-state index contributed by atoms with van der Waals surface area (Å²) in [6, 6.07) is 9.14. The number of hydrogen-bond acceptors (Lipinski definition) is 3. The van der Waals surface area contributed by atoms with Crippen molar-refractivity contribution in [1.29, 1.82) is 0 Å². The minimum absolute atomic E-state index is 0.0983. The number of halogens is 1. The summed E-state index contributed by atoms with van der Waals surface area (Å²) in [6.45, 7) is 2.81. The first kappa shape index (κ1) is 15.1. The maximum absolute atomic E-state index is 12.3. The fourth-order valence-electron chi connectivity index (χ4n) is 1.93. The monoisotopic (exact) mass is 308 g/mol. The third kappa shape index (κ3) is 3.64. The van der Waals surface area contributed by atoms with Gasteiger partial charge in [-0.2, -0.15) is 11.8 Å². The Morgan fingerprint density at radius 1 is 1.45 bits per heavy atom. The van der Waals surface area contributed by atoms with Gasteiger partial charge in [0.05, 0.1) is 11.1 Å². The predicted octanol–water partition coefficient (Wildman–Crippen LogP) is 3.76. The van der Waals surface area contributed by atoms with Gasteiger partial charge in [-0.05, 0) is 24.8 Å². The van der Waals surface area contributed by atoms with E-state index in [1.807, 2.05) is 24.3 Å². The van der Waals surface area contributed by atoms with Gasteiger partial charge in [0, 0.05) is 17.2 Å². The van der Waals surface area contributed by atoms with Crippen molar-refractivity contribution in [2.24, 2.45) is 0 Å². The molecular formula is C15H17ClN2OS. The zero-order chi connectivity index (χ0) is 14.5. The summed E-state index contributed by atoms with van der Waals surface area (Å²) in [5.41, 5.74) is 1.32. The Kier molecular flexibility index (Phi) is 5.26. The molecule has 0 aliphatic rings. The van der Waals surface area contributed by atoms with Gasteiger partial charge in [-0.1, -0.05) is 36.7 Å². The maximum Gasteiger partial charge on any atom is 0.252 e. The number of fused-ring (bicyclic) bond motifs is 1. The van der Waals surface area contributed by atoms with E-state index < -0.39 is 0 Å². The van der Waals surface area contributed by atoms with Crippen molar-refractivity contribution in [3.8, 4) is 0 Å². The van der Waals surface area contributed by atoms with Crippen LogP contribution in [0, 0.1) is 0 Å². The SMILES string of the molecule is CSC(C)CCNC(=O)c1cc(Cl)nc2ccccc12. The Balaban J connectivity index is 2.17. The first-order valence-electron chi connectivity index (χ1n) is 6.48. The standard InChI is InChI=1S/C15H17ClN2OS/c1-10(20-2)7-8-17-15(19)12-9-14(16)18-13-6-4-3-5-11(12)13/h3-6,9-10H,7-8H2,1-2H3,(H,17,19). The highest BCUT2D eigenvalue weighted by Gasteiger charge is 2.12. The number of carbonyl (C=O) groups is 1. The third-order valence-electron chi connectivity index (χ3n) is 3.17. The molecule has 0 saturated carbocycles. The van der Waals surface area contributed by atoms with Crippen LogP contribution in [0.3, 0.4) is 0 Å².